The van der Waals surface area contributed by atoms with E-state index in [0.717, 1.165) is 25.2 Å². The van der Waals surface area contributed by atoms with Crippen molar-refractivity contribution in [2.24, 2.45) is 5.92 Å². The first-order valence-corrected chi connectivity index (χ1v) is 12.9. The molecule has 0 amide bonds. The fraction of sp³-hybridized carbons (Fsp3) is 0.280. The van der Waals surface area contributed by atoms with Gasteiger partial charge >= 0.3 is 0 Å². The van der Waals surface area contributed by atoms with Gasteiger partial charge in [-0.2, -0.15) is 4.31 Å². The van der Waals surface area contributed by atoms with Crippen LogP contribution in [0.1, 0.15) is 22.6 Å². The van der Waals surface area contributed by atoms with Gasteiger partial charge in [0.1, 0.15) is 4.90 Å². The summed E-state index contributed by atoms with van der Waals surface area (Å²) in [4.78, 5) is 2.51. The molecule has 7 heteroatoms. The lowest BCUT2D eigenvalue weighted by Gasteiger charge is -2.25. The highest BCUT2D eigenvalue weighted by molar-refractivity contribution is 7.89. The Morgan fingerprint density at radius 2 is 1.59 bits per heavy atom. The zero-order chi connectivity index (χ0) is 22.3. The predicted molar refractivity (Wildman–Crippen MR) is 128 cm³/mol. The predicted octanol–water partition coefficient (Wildman–Crippen LogP) is 5.41. The van der Waals surface area contributed by atoms with E-state index in [1.165, 1.54) is 17.2 Å². The molecule has 0 radical (unpaired) electrons. The molecule has 0 N–H and O–H groups in total. The van der Waals surface area contributed by atoms with E-state index < -0.39 is 10.0 Å². The zero-order valence-corrected chi connectivity index (χ0v) is 19.8. The van der Waals surface area contributed by atoms with Crippen LogP contribution in [0.5, 0.6) is 0 Å². The number of benzene rings is 3. The molecule has 1 fully saturated rings. The maximum atomic E-state index is 13.7. The van der Waals surface area contributed by atoms with Crippen molar-refractivity contribution in [3.8, 4) is 0 Å². The first kappa shape index (κ1) is 21.9. The van der Waals surface area contributed by atoms with Crippen molar-refractivity contribution in [2.45, 2.75) is 23.9 Å². The van der Waals surface area contributed by atoms with Gasteiger partial charge in [-0.15, -0.1) is 0 Å². The number of fused-ring (bicyclic) bond motifs is 3. The third kappa shape index (κ3) is 4.09. The van der Waals surface area contributed by atoms with E-state index >= 15 is 0 Å². The van der Waals surface area contributed by atoms with Gasteiger partial charge in [0, 0.05) is 38.6 Å². The normalized spacial score (nSPS) is 21.7. The van der Waals surface area contributed by atoms with Crippen LogP contribution in [0.3, 0.4) is 0 Å². The number of nitrogens with zero attached hydrogens (tertiary/aromatic N) is 2. The summed E-state index contributed by atoms with van der Waals surface area (Å²) in [5.41, 5.74) is 3.58. The molecule has 2 atom stereocenters. The SMILES string of the molecule is O=S(=O)(c1cccc(Cl)c1Cl)N1Cc2ccccc2[C@@H]2CN(Cc3ccccc3)C[C@H]2C1. The van der Waals surface area contributed by atoms with Crippen molar-refractivity contribution in [2.75, 3.05) is 19.6 Å². The van der Waals surface area contributed by atoms with Gasteiger partial charge in [-0.05, 0) is 34.7 Å². The number of likely N-dealkylation sites (tertiary alicyclic amines) is 1. The number of rotatable bonds is 4. The van der Waals surface area contributed by atoms with Gasteiger partial charge in [0.05, 0.1) is 10.0 Å². The van der Waals surface area contributed by atoms with Crippen molar-refractivity contribution < 1.29 is 8.42 Å². The van der Waals surface area contributed by atoms with E-state index in [0.29, 0.717) is 19.0 Å². The fourth-order valence-corrected chi connectivity index (χ4v) is 7.24. The minimum atomic E-state index is -3.80. The summed E-state index contributed by atoms with van der Waals surface area (Å²) in [5.74, 6) is 0.500. The van der Waals surface area contributed by atoms with Crippen molar-refractivity contribution in [1.29, 1.82) is 0 Å². The van der Waals surface area contributed by atoms with Gasteiger partial charge in [0.15, 0.2) is 0 Å². The largest absolute Gasteiger partial charge is 0.298 e. The minimum Gasteiger partial charge on any atom is -0.298 e. The van der Waals surface area contributed by atoms with Gasteiger partial charge in [0.25, 0.3) is 0 Å². The first-order valence-electron chi connectivity index (χ1n) is 10.7. The van der Waals surface area contributed by atoms with Crippen LogP contribution in [-0.4, -0.2) is 37.3 Å². The van der Waals surface area contributed by atoms with E-state index in [2.05, 4.69) is 35.2 Å². The summed E-state index contributed by atoms with van der Waals surface area (Å²) >= 11 is 12.5. The van der Waals surface area contributed by atoms with Crippen LogP contribution in [-0.2, 0) is 23.1 Å². The average molecular weight is 487 g/mol. The standard InChI is InChI=1S/C25H24Cl2N2O2S/c26-23-11-6-12-24(25(23)27)32(30,31)29-15-19-9-4-5-10-21(19)22-17-28(14-20(22)16-29)13-18-7-2-1-3-8-18/h1-12,20,22H,13-17H2/t20-,22+/m0/s1. The molecular formula is C25H24Cl2N2O2S. The number of halogens is 2. The molecule has 2 heterocycles. The Balaban J connectivity index is 1.49. The summed E-state index contributed by atoms with van der Waals surface area (Å²) < 4.78 is 28.9. The van der Waals surface area contributed by atoms with Crippen molar-refractivity contribution in [3.05, 3.63) is 99.5 Å². The fourth-order valence-electron chi connectivity index (χ4n) is 5.03. The second kappa shape index (κ2) is 8.81. The Labute approximate surface area is 199 Å². The highest BCUT2D eigenvalue weighted by Crippen LogP contribution is 2.41. The molecule has 3 aromatic carbocycles. The summed E-state index contributed by atoms with van der Waals surface area (Å²) in [5, 5.41) is 0.330. The smallest absolute Gasteiger partial charge is 0.244 e. The lowest BCUT2D eigenvalue weighted by molar-refractivity contribution is 0.293. The van der Waals surface area contributed by atoms with Crippen LogP contribution in [0.25, 0.3) is 0 Å². The van der Waals surface area contributed by atoms with Crippen LogP contribution in [0.4, 0.5) is 0 Å². The van der Waals surface area contributed by atoms with Crippen molar-refractivity contribution in [1.82, 2.24) is 9.21 Å². The van der Waals surface area contributed by atoms with E-state index in [9.17, 15) is 8.42 Å². The lowest BCUT2D eigenvalue weighted by Crippen LogP contribution is -2.35. The molecule has 0 aliphatic carbocycles. The Hall–Kier alpha value is -1.89. The third-order valence-electron chi connectivity index (χ3n) is 6.54. The molecule has 166 valence electrons. The Morgan fingerprint density at radius 1 is 0.844 bits per heavy atom. The van der Waals surface area contributed by atoms with Gasteiger partial charge in [-0.3, -0.25) is 4.90 Å². The van der Waals surface area contributed by atoms with Crippen molar-refractivity contribution >= 4 is 33.2 Å². The molecule has 32 heavy (non-hydrogen) atoms. The molecule has 2 aliphatic heterocycles. The molecule has 0 spiro atoms. The Bertz CT molecular complexity index is 1230. The Morgan fingerprint density at radius 3 is 2.41 bits per heavy atom. The third-order valence-corrected chi connectivity index (χ3v) is 9.32. The van der Waals surface area contributed by atoms with Gasteiger partial charge in [-0.25, -0.2) is 8.42 Å². The number of sulfonamides is 1. The molecule has 0 bridgehead atoms. The van der Waals surface area contributed by atoms with Crippen LogP contribution >= 0.6 is 23.2 Å². The molecule has 0 saturated carbocycles. The van der Waals surface area contributed by atoms with Gasteiger partial charge in [0.2, 0.25) is 10.0 Å². The first-order chi connectivity index (χ1) is 15.4. The van der Waals surface area contributed by atoms with Crippen LogP contribution in [0.2, 0.25) is 10.0 Å². The highest BCUT2D eigenvalue weighted by atomic mass is 35.5. The number of hydrogen-bond acceptors (Lipinski definition) is 3. The molecule has 5 rings (SSSR count). The topological polar surface area (TPSA) is 40.6 Å². The quantitative estimate of drug-likeness (QED) is 0.494. The second-order valence-corrected chi connectivity index (χ2v) is 11.3. The van der Waals surface area contributed by atoms with Crippen LogP contribution in [0.15, 0.2) is 77.7 Å². The second-order valence-electron chi connectivity index (χ2n) is 8.59. The maximum Gasteiger partial charge on any atom is 0.244 e. The highest BCUT2D eigenvalue weighted by Gasteiger charge is 2.41. The van der Waals surface area contributed by atoms with Crippen LogP contribution in [0, 0.1) is 5.92 Å². The van der Waals surface area contributed by atoms with E-state index in [-0.39, 0.29) is 20.9 Å². The molecular weight excluding hydrogens is 463 g/mol. The summed E-state index contributed by atoms with van der Waals surface area (Å²) in [6.45, 7) is 3.43. The monoisotopic (exact) mass is 486 g/mol. The summed E-state index contributed by atoms with van der Waals surface area (Å²) in [7, 11) is -3.80. The maximum absolute atomic E-state index is 13.7. The summed E-state index contributed by atoms with van der Waals surface area (Å²) in [6, 6.07) is 23.4. The zero-order valence-electron chi connectivity index (χ0n) is 17.5. The molecule has 0 unspecified atom stereocenters. The molecule has 2 aliphatic rings. The summed E-state index contributed by atoms with van der Waals surface area (Å²) in [6.07, 6.45) is 0. The van der Waals surface area contributed by atoms with E-state index in [1.807, 2.05) is 24.3 Å². The molecule has 4 nitrogen and oxygen atoms in total. The Kier molecular flexibility index (Phi) is 6.03. The van der Waals surface area contributed by atoms with E-state index in [1.54, 1.807) is 16.4 Å². The molecule has 3 aromatic rings. The van der Waals surface area contributed by atoms with Crippen molar-refractivity contribution in [3.63, 3.8) is 0 Å². The average Bonchev–Trinajstić information content (AvgIpc) is 3.10. The lowest BCUT2D eigenvalue weighted by atomic mass is 9.87. The molecule has 0 aromatic heterocycles. The van der Waals surface area contributed by atoms with Gasteiger partial charge < -0.3 is 0 Å². The minimum absolute atomic E-state index is 0.0711. The number of hydrogen-bond donors (Lipinski definition) is 0. The van der Waals surface area contributed by atoms with Crippen LogP contribution < -0.4 is 0 Å². The van der Waals surface area contributed by atoms with Gasteiger partial charge in [-0.1, -0.05) is 83.9 Å². The molecule has 1 saturated heterocycles. The van der Waals surface area contributed by atoms with E-state index in [4.69, 9.17) is 23.2 Å².